The van der Waals surface area contributed by atoms with Gasteiger partial charge in [-0.2, -0.15) is 0 Å². The number of benzene rings is 6. The molecule has 0 atom stereocenters. The van der Waals surface area contributed by atoms with Crippen molar-refractivity contribution in [3.8, 4) is 11.1 Å². The number of anilines is 3. The quantitative estimate of drug-likeness (QED) is 0.236. The summed E-state index contributed by atoms with van der Waals surface area (Å²) in [6, 6.07) is 47.6. The molecule has 0 amide bonds. The van der Waals surface area contributed by atoms with E-state index in [9.17, 15) is 0 Å². The molecule has 0 spiro atoms. The van der Waals surface area contributed by atoms with Crippen LogP contribution in [0.5, 0.6) is 0 Å². The number of hydrogen-bond donors (Lipinski definition) is 1. The molecule has 0 bridgehead atoms. The van der Waals surface area contributed by atoms with E-state index in [1.807, 2.05) is 0 Å². The van der Waals surface area contributed by atoms with Crippen molar-refractivity contribution >= 4 is 65.6 Å². The van der Waals surface area contributed by atoms with Crippen LogP contribution in [-0.4, -0.2) is 4.98 Å². The second-order valence-electron chi connectivity index (χ2n) is 9.30. The van der Waals surface area contributed by atoms with Crippen molar-refractivity contribution in [1.82, 2.24) is 4.98 Å². The van der Waals surface area contributed by atoms with E-state index in [1.54, 1.807) is 0 Å². The van der Waals surface area contributed by atoms with Crippen LogP contribution >= 0.6 is 15.9 Å². The van der Waals surface area contributed by atoms with Gasteiger partial charge in [-0.05, 0) is 86.4 Å². The molecule has 0 unspecified atom stereocenters. The molecule has 6 aromatic carbocycles. The van der Waals surface area contributed by atoms with Gasteiger partial charge in [0.05, 0.1) is 5.52 Å². The van der Waals surface area contributed by atoms with E-state index in [0.717, 1.165) is 32.6 Å². The van der Waals surface area contributed by atoms with Crippen LogP contribution < -0.4 is 4.90 Å². The van der Waals surface area contributed by atoms with Crippen LogP contribution in [0, 0.1) is 0 Å². The second-order valence-corrected chi connectivity index (χ2v) is 10.2. The highest BCUT2D eigenvalue weighted by molar-refractivity contribution is 9.10. The van der Waals surface area contributed by atoms with Gasteiger partial charge in [-0.15, -0.1) is 0 Å². The van der Waals surface area contributed by atoms with E-state index in [2.05, 4.69) is 159 Å². The number of hydrogen-bond acceptors (Lipinski definition) is 1. The van der Waals surface area contributed by atoms with Crippen molar-refractivity contribution in [2.45, 2.75) is 0 Å². The first-order valence-corrected chi connectivity index (χ1v) is 13.2. The van der Waals surface area contributed by atoms with Crippen LogP contribution in [-0.2, 0) is 0 Å². The van der Waals surface area contributed by atoms with Crippen molar-refractivity contribution in [3.63, 3.8) is 0 Å². The highest BCUT2D eigenvalue weighted by atomic mass is 79.9. The lowest BCUT2D eigenvalue weighted by molar-refractivity contribution is 1.29. The van der Waals surface area contributed by atoms with E-state index in [-0.39, 0.29) is 0 Å². The van der Waals surface area contributed by atoms with E-state index in [4.69, 9.17) is 0 Å². The molecule has 0 radical (unpaired) electrons. The summed E-state index contributed by atoms with van der Waals surface area (Å²) in [6.45, 7) is 0. The Morgan fingerprint density at radius 3 is 2.00 bits per heavy atom. The van der Waals surface area contributed by atoms with E-state index in [0.29, 0.717) is 0 Å². The van der Waals surface area contributed by atoms with Crippen molar-refractivity contribution in [2.75, 3.05) is 4.90 Å². The monoisotopic (exact) mass is 538 g/mol. The van der Waals surface area contributed by atoms with Crippen LogP contribution in [0.1, 0.15) is 0 Å². The summed E-state index contributed by atoms with van der Waals surface area (Å²) >= 11 is 3.70. The maximum Gasteiger partial charge on any atom is 0.0609 e. The smallest absolute Gasteiger partial charge is 0.0609 e. The normalized spacial score (nSPS) is 11.4. The summed E-state index contributed by atoms with van der Waals surface area (Å²) in [7, 11) is 0. The van der Waals surface area contributed by atoms with E-state index in [1.165, 1.54) is 32.7 Å². The maximum absolute atomic E-state index is 3.70. The number of nitrogens with one attached hydrogen (secondary N) is 1. The molecule has 0 aliphatic rings. The van der Waals surface area contributed by atoms with Gasteiger partial charge in [-0.25, -0.2) is 0 Å². The number of nitrogens with zero attached hydrogens (tertiary/aromatic N) is 1. The van der Waals surface area contributed by atoms with Crippen molar-refractivity contribution < 1.29 is 0 Å². The zero-order chi connectivity index (χ0) is 24.8. The summed E-state index contributed by atoms with van der Waals surface area (Å²) < 4.78 is 1.07. The Labute approximate surface area is 223 Å². The number of para-hydroxylation sites is 1. The predicted molar refractivity (Wildman–Crippen MR) is 161 cm³/mol. The molecule has 0 saturated carbocycles. The lowest BCUT2D eigenvalue weighted by Crippen LogP contribution is -2.09. The standard InChI is InChI=1S/C34H23BrN2/c35-32-12-6-11-30-31-22-29(19-20-33(31)36-34(30)32)37(28-18-15-24-9-4-5-10-26(24)21-28)27-16-13-25(14-17-27)23-7-2-1-3-8-23/h1-22,36H. The Hall–Kier alpha value is -4.34. The average molecular weight is 539 g/mol. The van der Waals surface area contributed by atoms with Gasteiger partial charge in [-0.3, -0.25) is 0 Å². The van der Waals surface area contributed by atoms with Gasteiger partial charge in [0.2, 0.25) is 0 Å². The summed E-state index contributed by atoms with van der Waals surface area (Å²) in [4.78, 5) is 5.92. The number of H-pyrrole nitrogens is 1. The van der Waals surface area contributed by atoms with E-state index >= 15 is 0 Å². The second kappa shape index (κ2) is 8.95. The molecule has 1 N–H and O–H groups in total. The summed E-state index contributed by atoms with van der Waals surface area (Å²) in [6.07, 6.45) is 0. The molecule has 0 aliphatic carbocycles. The molecule has 0 saturated heterocycles. The van der Waals surface area contributed by atoms with Gasteiger partial charge >= 0.3 is 0 Å². The first kappa shape index (κ1) is 21.9. The molecular formula is C34H23BrN2. The topological polar surface area (TPSA) is 19.0 Å². The minimum atomic E-state index is 1.07. The number of halogens is 1. The fraction of sp³-hybridized carbons (Fsp3) is 0. The summed E-state index contributed by atoms with van der Waals surface area (Å²) in [5.41, 5.74) is 8.05. The number of aromatic nitrogens is 1. The molecule has 1 aromatic heterocycles. The first-order valence-electron chi connectivity index (χ1n) is 12.4. The Morgan fingerprint density at radius 2 is 1.16 bits per heavy atom. The molecule has 1 heterocycles. The number of fused-ring (bicyclic) bond motifs is 4. The molecule has 37 heavy (non-hydrogen) atoms. The third-order valence-electron chi connectivity index (χ3n) is 7.05. The predicted octanol–water partition coefficient (Wildman–Crippen LogP) is 10.4. The Morgan fingerprint density at radius 1 is 0.486 bits per heavy atom. The van der Waals surface area contributed by atoms with E-state index < -0.39 is 0 Å². The highest BCUT2D eigenvalue weighted by Gasteiger charge is 2.16. The summed E-state index contributed by atoms with van der Waals surface area (Å²) in [5, 5.41) is 4.88. The van der Waals surface area contributed by atoms with Crippen LogP contribution in [0.2, 0.25) is 0 Å². The molecule has 176 valence electrons. The maximum atomic E-state index is 3.70. The third-order valence-corrected chi connectivity index (χ3v) is 7.71. The lowest BCUT2D eigenvalue weighted by atomic mass is 10.0. The fourth-order valence-electron chi connectivity index (χ4n) is 5.21. The lowest BCUT2D eigenvalue weighted by Gasteiger charge is -2.26. The molecule has 3 heteroatoms. The van der Waals surface area contributed by atoms with Crippen molar-refractivity contribution in [2.24, 2.45) is 0 Å². The van der Waals surface area contributed by atoms with Crippen LogP contribution in [0.3, 0.4) is 0 Å². The third kappa shape index (κ3) is 3.89. The highest BCUT2D eigenvalue weighted by Crippen LogP contribution is 2.40. The molecule has 0 aliphatic heterocycles. The van der Waals surface area contributed by atoms with Gasteiger partial charge < -0.3 is 9.88 Å². The van der Waals surface area contributed by atoms with Crippen molar-refractivity contribution in [1.29, 1.82) is 0 Å². The van der Waals surface area contributed by atoms with Crippen LogP contribution in [0.4, 0.5) is 17.1 Å². The molecule has 7 rings (SSSR count). The van der Waals surface area contributed by atoms with Gasteiger partial charge in [0.1, 0.15) is 0 Å². The Kier molecular flexibility index (Phi) is 5.30. The van der Waals surface area contributed by atoms with Gasteiger partial charge in [0.15, 0.2) is 0 Å². The number of rotatable bonds is 4. The van der Waals surface area contributed by atoms with Crippen LogP contribution in [0.15, 0.2) is 138 Å². The summed E-state index contributed by atoms with van der Waals surface area (Å²) in [5.74, 6) is 0. The molecule has 7 aromatic rings. The van der Waals surface area contributed by atoms with Gasteiger partial charge in [-0.1, -0.05) is 84.9 Å². The zero-order valence-corrected chi connectivity index (χ0v) is 21.6. The molecule has 0 fully saturated rings. The Bertz CT molecular complexity index is 1890. The van der Waals surface area contributed by atoms with Gasteiger partial charge in [0, 0.05) is 37.8 Å². The molecule has 2 nitrogen and oxygen atoms in total. The minimum absolute atomic E-state index is 1.07. The number of aromatic amines is 1. The van der Waals surface area contributed by atoms with Gasteiger partial charge in [0.25, 0.3) is 0 Å². The van der Waals surface area contributed by atoms with Crippen LogP contribution in [0.25, 0.3) is 43.7 Å². The Balaban J connectivity index is 1.41. The fourth-order valence-corrected chi connectivity index (χ4v) is 5.68. The largest absolute Gasteiger partial charge is 0.354 e. The molecular weight excluding hydrogens is 516 g/mol. The SMILES string of the molecule is Brc1cccc2c1[nH]c1ccc(N(c3ccc(-c4ccccc4)cc3)c3ccc4ccccc4c3)cc12. The zero-order valence-electron chi connectivity index (χ0n) is 20.0. The average Bonchev–Trinajstić information content (AvgIpc) is 3.33. The van der Waals surface area contributed by atoms with Crippen molar-refractivity contribution in [3.05, 3.63) is 138 Å². The first-order chi connectivity index (χ1) is 18.2. The minimum Gasteiger partial charge on any atom is -0.354 e.